The van der Waals surface area contributed by atoms with E-state index in [9.17, 15) is 0 Å². The summed E-state index contributed by atoms with van der Waals surface area (Å²) >= 11 is 0. The Morgan fingerprint density at radius 1 is 1.29 bits per heavy atom. The van der Waals surface area contributed by atoms with Crippen LogP contribution in [0.2, 0.25) is 0 Å². The molecule has 0 aromatic rings. The number of rotatable bonds is 3. The molecule has 0 aromatic carbocycles. The summed E-state index contributed by atoms with van der Waals surface area (Å²) < 4.78 is 0. The Labute approximate surface area is 105 Å². The first-order valence-corrected chi connectivity index (χ1v) is 7.02. The molecular weight excluding hydrogens is 212 g/mol. The number of likely N-dealkylation sites (tertiary alicyclic amines) is 1. The minimum absolute atomic E-state index is 0.240. The zero-order valence-electron chi connectivity index (χ0n) is 11.3. The van der Waals surface area contributed by atoms with E-state index in [0.717, 1.165) is 25.5 Å². The van der Waals surface area contributed by atoms with Crippen molar-refractivity contribution < 1.29 is 0 Å². The average Bonchev–Trinajstić information content (AvgIpc) is 2.54. The van der Waals surface area contributed by atoms with Gasteiger partial charge < -0.3 is 15.5 Å². The lowest BCUT2D eigenvalue weighted by atomic mass is 9.89. The Morgan fingerprint density at radius 3 is 2.82 bits per heavy atom. The zero-order valence-corrected chi connectivity index (χ0v) is 11.3. The molecule has 0 amide bonds. The molecule has 0 aromatic heterocycles. The predicted molar refractivity (Wildman–Crippen MR) is 72.2 cm³/mol. The molecule has 1 fully saturated rings. The van der Waals surface area contributed by atoms with Gasteiger partial charge in [0.25, 0.3) is 0 Å². The van der Waals surface area contributed by atoms with Gasteiger partial charge in [-0.2, -0.15) is 0 Å². The monoisotopic (exact) mass is 238 g/mol. The Bertz CT molecular complexity index is 289. The van der Waals surface area contributed by atoms with E-state index in [1.807, 2.05) is 0 Å². The normalized spacial score (nSPS) is 30.7. The standard InChI is InChI=1S/C13H26N4/c1-3-8-17-12(14)15-11-13(17)6-5-9-16(4-2)10-7-13/h3-11H2,1-2H3,(H2,14,15). The molecule has 1 unspecified atom stereocenters. The molecule has 1 atom stereocenters. The highest BCUT2D eigenvalue weighted by Crippen LogP contribution is 2.33. The molecule has 2 aliphatic heterocycles. The molecule has 0 radical (unpaired) electrons. The van der Waals surface area contributed by atoms with E-state index < -0.39 is 0 Å². The number of hydrogen-bond donors (Lipinski definition) is 1. The topological polar surface area (TPSA) is 44.9 Å². The Hall–Kier alpha value is -0.770. The van der Waals surface area contributed by atoms with Crippen LogP contribution in [-0.2, 0) is 0 Å². The molecule has 2 N–H and O–H groups in total. The molecule has 1 saturated heterocycles. The van der Waals surface area contributed by atoms with Crippen molar-refractivity contribution in [3.05, 3.63) is 0 Å². The van der Waals surface area contributed by atoms with Crippen LogP contribution in [-0.4, -0.2) is 54.0 Å². The second-order valence-electron chi connectivity index (χ2n) is 5.34. The molecule has 1 spiro atoms. The Kier molecular flexibility index (Phi) is 3.92. The molecule has 4 heteroatoms. The first-order chi connectivity index (χ1) is 8.22. The van der Waals surface area contributed by atoms with Gasteiger partial charge in [0.15, 0.2) is 5.96 Å². The smallest absolute Gasteiger partial charge is 0.191 e. The highest BCUT2D eigenvalue weighted by Gasteiger charge is 2.42. The van der Waals surface area contributed by atoms with Gasteiger partial charge in [0.1, 0.15) is 0 Å². The van der Waals surface area contributed by atoms with Crippen molar-refractivity contribution >= 4 is 5.96 Å². The summed E-state index contributed by atoms with van der Waals surface area (Å²) in [5, 5.41) is 0. The van der Waals surface area contributed by atoms with Gasteiger partial charge in [-0.05, 0) is 38.8 Å². The summed E-state index contributed by atoms with van der Waals surface area (Å²) in [6.45, 7) is 10.0. The second-order valence-corrected chi connectivity index (χ2v) is 5.34. The molecule has 0 saturated carbocycles. The van der Waals surface area contributed by atoms with E-state index >= 15 is 0 Å². The van der Waals surface area contributed by atoms with E-state index in [1.165, 1.54) is 38.9 Å². The lowest BCUT2D eigenvalue weighted by Gasteiger charge is -2.38. The van der Waals surface area contributed by atoms with Crippen LogP contribution >= 0.6 is 0 Å². The Morgan fingerprint density at radius 2 is 2.12 bits per heavy atom. The molecule has 2 rings (SSSR count). The third-order valence-corrected chi connectivity index (χ3v) is 4.29. The van der Waals surface area contributed by atoms with Crippen LogP contribution in [0.1, 0.15) is 39.5 Å². The van der Waals surface area contributed by atoms with Gasteiger partial charge in [0, 0.05) is 13.1 Å². The van der Waals surface area contributed by atoms with Crippen LogP contribution in [0.5, 0.6) is 0 Å². The van der Waals surface area contributed by atoms with Crippen molar-refractivity contribution in [2.75, 3.05) is 32.7 Å². The van der Waals surface area contributed by atoms with Gasteiger partial charge in [-0.3, -0.25) is 4.99 Å². The summed E-state index contributed by atoms with van der Waals surface area (Å²) in [7, 11) is 0. The molecule has 4 nitrogen and oxygen atoms in total. The fourth-order valence-corrected chi connectivity index (χ4v) is 3.20. The van der Waals surface area contributed by atoms with Crippen LogP contribution in [0.15, 0.2) is 4.99 Å². The fraction of sp³-hybridized carbons (Fsp3) is 0.923. The van der Waals surface area contributed by atoms with Gasteiger partial charge in [0.05, 0.1) is 12.1 Å². The first-order valence-electron chi connectivity index (χ1n) is 7.02. The molecule has 17 heavy (non-hydrogen) atoms. The van der Waals surface area contributed by atoms with E-state index in [1.54, 1.807) is 0 Å². The van der Waals surface area contributed by atoms with Crippen molar-refractivity contribution in [1.82, 2.24) is 9.80 Å². The number of nitrogens with two attached hydrogens (primary N) is 1. The van der Waals surface area contributed by atoms with Crippen molar-refractivity contribution in [1.29, 1.82) is 0 Å². The molecular formula is C13H26N4. The zero-order chi connectivity index (χ0) is 12.3. The van der Waals surface area contributed by atoms with Crippen LogP contribution in [0, 0.1) is 0 Å². The molecule has 98 valence electrons. The lowest BCUT2D eigenvalue weighted by Crippen LogP contribution is -2.52. The summed E-state index contributed by atoms with van der Waals surface area (Å²) in [6.07, 6.45) is 4.88. The van der Waals surface area contributed by atoms with Crippen molar-refractivity contribution in [3.63, 3.8) is 0 Å². The van der Waals surface area contributed by atoms with Gasteiger partial charge in [-0.1, -0.05) is 13.8 Å². The van der Waals surface area contributed by atoms with E-state index in [2.05, 4.69) is 28.6 Å². The summed E-state index contributed by atoms with van der Waals surface area (Å²) in [5.41, 5.74) is 6.29. The molecule has 0 aliphatic carbocycles. The van der Waals surface area contributed by atoms with Crippen LogP contribution in [0.25, 0.3) is 0 Å². The highest BCUT2D eigenvalue weighted by molar-refractivity contribution is 5.81. The second kappa shape index (κ2) is 5.25. The SMILES string of the molecule is CCCN1C(N)=NCC12CCCN(CC)CC2. The van der Waals surface area contributed by atoms with Crippen LogP contribution in [0.4, 0.5) is 0 Å². The maximum absolute atomic E-state index is 6.05. The van der Waals surface area contributed by atoms with Crippen molar-refractivity contribution in [3.8, 4) is 0 Å². The third kappa shape index (κ3) is 2.41. The first kappa shape index (κ1) is 12.7. The quantitative estimate of drug-likeness (QED) is 0.805. The van der Waals surface area contributed by atoms with Gasteiger partial charge in [-0.25, -0.2) is 0 Å². The molecule has 0 bridgehead atoms. The third-order valence-electron chi connectivity index (χ3n) is 4.29. The van der Waals surface area contributed by atoms with E-state index in [4.69, 9.17) is 5.73 Å². The van der Waals surface area contributed by atoms with Crippen molar-refractivity contribution in [2.45, 2.75) is 45.1 Å². The average molecular weight is 238 g/mol. The van der Waals surface area contributed by atoms with Crippen molar-refractivity contribution in [2.24, 2.45) is 10.7 Å². The van der Waals surface area contributed by atoms with Gasteiger partial charge in [-0.15, -0.1) is 0 Å². The largest absolute Gasteiger partial charge is 0.370 e. The summed E-state index contributed by atoms with van der Waals surface area (Å²) in [5.74, 6) is 0.775. The number of guanidine groups is 1. The maximum Gasteiger partial charge on any atom is 0.191 e. The number of nitrogens with zero attached hydrogens (tertiary/aromatic N) is 3. The van der Waals surface area contributed by atoms with Crippen LogP contribution < -0.4 is 5.73 Å². The summed E-state index contributed by atoms with van der Waals surface area (Å²) in [4.78, 5) is 9.44. The lowest BCUT2D eigenvalue weighted by molar-refractivity contribution is 0.172. The fourth-order valence-electron chi connectivity index (χ4n) is 3.20. The highest BCUT2D eigenvalue weighted by atomic mass is 15.4. The number of aliphatic imine (C=N–C) groups is 1. The van der Waals surface area contributed by atoms with Gasteiger partial charge in [0.2, 0.25) is 0 Å². The molecule has 2 heterocycles. The van der Waals surface area contributed by atoms with E-state index in [-0.39, 0.29) is 5.54 Å². The number of hydrogen-bond acceptors (Lipinski definition) is 4. The maximum atomic E-state index is 6.05. The Balaban J connectivity index is 2.08. The minimum atomic E-state index is 0.240. The summed E-state index contributed by atoms with van der Waals surface area (Å²) in [6, 6.07) is 0. The van der Waals surface area contributed by atoms with E-state index in [0.29, 0.717) is 0 Å². The molecule has 2 aliphatic rings. The minimum Gasteiger partial charge on any atom is -0.370 e. The predicted octanol–water partition coefficient (Wildman–Crippen LogP) is 1.27. The van der Waals surface area contributed by atoms with Crippen LogP contribution in [0.3, 0.4) is 0 Å². The van der Waals surface area contributed by atoms with Gasteiger partial charge >= 0.3 is 0 Å².